The lowest BCUT2D eigenvalue weighted by molar-refractivity contribution is -0.174. The maximum atomic E-state index is 11.7. The van der Waals surface area contributed by atoms with Crippen LogP contribution in [0.15, 0.2) is 12.2 Å². The van der Waals surface area contributed by atoms with E-state index in [-0.39, 0.29) is 24.0 Å². The summed E-state index contributed by atoms with van der Waals surface area (Å²) in [6, 6.07) is 0. The molecule has 1 amide bonds. The lowest BCUT2D eigenvalue weighted by Gasteiger charge is -2.20. The van der Waals surface area contributed by atoms with Gasteiger partial charge in [0.05, 0.1) is 25.2 Å². The summed E-state index contributed by atoms with van der Waals surface area (Å²) in [5.41, 5.74) is 0. The third-order valence-electron chi connectivity index (χ3n) is 2.63. The molecule has 13 heavy (non-hydrogen) atoms. The Morgan fingerprint density at radius 2 is 2.38 bits per heavy atom. The van der Waals surface area contributed by atoms with E-state index in [0.717, 1.165) is 6.42 Å². The SMILES string of the molecule is CON(C)C(=O)[C@H]1C[C@@H]2C=C[C@H]1O2. The fourth-order valence-electron chi connectivity index (χ4n) is 1.84. The zero-order chi connectivity index (χ0) is 9.42. The third kappa shape index (κ3) is 1.36. The first-order valence-corrected chi connectivity index (χ1v) is 4.38. The minimum atomic E-state index is -0.0556. The number of carbonyl (C=O) groups is 1. The van der Waals surface area contributed by atoms with Gasteiger partial charge in [-0.3, -0.25) is 9.63 Å². The van der Waals surface area contributed by atoms with Crippen molar-refractivity contribution in [2.24, 2.45) is 5.92 Å². The summed E-state index contributed by atoms with van der Waals surface area (Å²) < 4.78 is 5.49. The Morgan fingerprint density at radius 3 is 2.85 bits per heavy atom. The molecule has 0 N–H and O–H groups in total. The van der Waals surface area contributed by atoms with E-state index in [2.05, 4.69) is 0 Å². The summed E-state index contributed by atoms with van der Waals surface area (Å²) in [4.78, 5) is 16.5. The van der Waals surface area contributed by atoms with E-state index in [1.54, 1.807) is 7.05 Å². The second-order valence-corrected chi connectivity index (χ2v) is 3.38. The van der Waals surface area contributed by atoms with Crippen molar-refractivity contribution in [2.75, 3.05) is 14.2 Å². The maximum Gasteiger partial charge on any atom is 0.252 e. The van der Waals surface area contributed by atoms with Gasteiger partial charge in [0.25, 0.3) is 5.91 Å². The van der Waals surface area contributed by atoms with Gasteiger partial charge in [-0.2, -0.15) is 0 Å². The Labute approximate surface area is 77.1 Å². The van der Waals surface area contributed by atoms with Crippen LogP contribution in [0.4, 0.5) is 0 Å². The highest BCUT2D eigenvalue weighted by Crippen LogP contribution is 2.34. The summed E-state index contributed by atoms with van der Waals surface area (Å²) >= 11 is 0. The van der Waals surface area contributed by atoms with Crippen molar-refractivity contribution in [3.63, 3.8) is 0 Å². The van der Waals surface area contributed by atoms with Gasteiger partial charge < -0.3 is 4.74 Å². The van der Waals surface area contributed by atoms with Crippen LogP contribution in [0, 0.1) is 5.92 Å². The summed E-state index contributed by atoms with van der Waals surface area (Å²) in [5, 5.41) is 1.27. The zero-order valence-electron chi connectivity index (χ0n) is 7.77. The van der Waals surface area contributed by atoms with Crippen LogP contribution in [0.3, 0.4) is 0 Å². The Balaban J connectivity index is 2.03. The quantitative estimate of drug-likeness (QED) is 0.458. The molecular weight excluding hydrogens is 170 g/mol. The lowest BCUT2D eigenvalue weighted by Crippen LogP contribution is -2.35. The molecule has 4 heteroatoms. The first-order valence-electron chi connectivity index (χ1n) is 4.38. The number of ether oxygens (including phenoxy) is 1. The first kappa shape index (κ1) is 8.72. The van der Waals surface area contributed by atoms with Crippen molar-refractivity contribution in [3.8, 4) is 0 Å². The van der Waals surface area contributed by atoms with Gasteiger partial charge in [-0.1, -0.05) is 12.2 Å². The van der Waals surface area contributed by atoms with Crippen LogP contribution in [0.1, 0.15) is 6.42 Å². The average molecular weight is 183 g/mol. The average Bonchev–Trinajstić information content (AvgIpc) is 2.76. The van der Waals surface area contributed by atoms with Gasteiger partial charge in [-0.05, 0) is 6.42 Å². The first-order chi connectivity index (χ1) is 6.22. The Morgan fingerprint density at radius 1 is 1.62 bits per heavy atom. The van der Waals surface area contributed by atoms with E-state index in [0.29, 0.717) is 0 Å². The van der Waals surface area contributed by atoms with E-state index in [4.69, 9.17) is 9.57 Å². The van der Waals surface area contributed by atoms with E-state index >= 15 is 0 Å². The van der Waals surface area contributed by atoms with Crippen LogP contribution >= 0.6 is 0 Å². The van der Waals surface area contributed by atoms with Gasteiger partial charge >= 0.3 is 0 Å². The van der Waals surface area contributed by atoms with Crippen molar-refractivity contribution in [2.45, 2.75) is 18.6 Å². The number of fused-ring (bicyclic) bond motifs is 2. The molecule has 2 bridgehead atoms. The molecule has 1 saturated heterocycles. The van der Waals surface area contributed by atoms with Gasteiger partial charge in [0.1, 0.15) is 0 Å². The van der Waals surface area contributed by atoms with Crippen molar-refractivity contribution >= 4 is 5.91 Å². The van der Waals surface area contributed by atoms with Crippen molar-refractivity contribution in [1.82, 2.24) is 5.06 Å². The molecule has 0 spiro atoms. The minimum absolute atomic E-state index is 0.000602. The van der Waals surface area contributed by atoms with Crippen molar-refractivity contribution in [1.29, 1.82) is 0 Å². The standard InChI is InChI=1S/C9H13NO3/c1-10(12-2)9(11)7-5-6-3-4-8(7)13-6/h3-4,6-8H,5H2,1-2H3/t6-,7-,8+/m0/s1. The molecule has 2 rings (SSSR count). The predicted octanol–water partition coefficient (Wildman–Crippen LogP) is 0.350. The zero-order valence-corrected chi connectivity index (χ0v) is 7.77. The largest absolute Gasteiger partial charge is 0.366 e. The summed E-state index contributed by atoms with van der Waals surface area (Å²) in [5.74, 6) is -0.0562. The topological polar surface area (TPSA) is 38.8 Å². The van der Waals surface area contributed by atoms with Gasteiger partial charge in [0, 0.05) is 7.05 Å². The van der Waals surface area contributed by atoms with Crippen LogP contribution < -0.4 is 0 Å². The summed E-state index contributed by atoms with van der Waals surface area (Å²) in [6.45, 7) is 0. The van der Waals surface area contributed by atoms with Gasteiger partial charge in [-0.25, -0.2) is 5.06 Å². The van der Waals surface area contributed by atoms with Crippen LogP contribution in [0.25, 0.3) is 0 Å². The number of hydroxylamine groups is 2. The van der Waals surface area contributed by atoms with Crippen LogP contribution in [-0.4, -0.2) is 37.3 Å². The molecule has 0 radical (unpaired) electrons. The van der Waals surface area contributed by atoms with E-state index in [9.17, 15) is 4.79 Å². The normalized spacial score (nSPS) is 35.4. The maximum absolute atomic E-state index is 11.7. The summed E-state index contributed by atoms with van der Waals surface area (Å²) in [6.07, 6.45) is 4.87. The van der Waals surface area contributed by atoms with Crippen LogP contribution in [0.2, 0.25) is 0 Å². The van der Waals surface area contributed by atoms with Gasteiger partial charge in [-0.15, -0.1) is 0 Å². The molecule has 0 aromatic heterocycles. The molecule has 72 valence electrons. The number of hydrogen-bond acceptors (Lipinski definition) is 3. The third-order valence-corrected chi connectivity index (χ3v) is 2.63. The van der Waals surface area contributed by atoms with Gasteiger partial charge in [0.15, 0.2) is 0 Å². The van der Waals surface area contributed by atoms with E-state index < -0.39 is 0 Å². The second-order valence-electron chi connectivity index (χ2n) is 3.38. The number of carbonyl (C=O) groups excluding carboxylic acids is 1. The molecule has 0 saturated carbocycles. The highest BCUT2D eigenvalue weighted by molar-refractivity contribution is 5.79. The Kier molecular flexibility index (Phi) is 2.09. The molecule has 0 unspecified atom stereocenters. The second kappa shape index (κ2) is 3.12. The van der Waals surface area contributed by atoms with E-state index in [1.165, 1.54) is 12.2 Å². The fourth-order valence-corrected chi connectivity index (χ4v) is 1.84. The molecular formula is C9H13NO3. The lowest BCUT2D eigenvalue weighted by atomic mass is 9.93. The highest BCUT2D eigenvalue weighted by Gasteiger charge is 2.42. The molecule has 1 fully saturated rings. The predicted molar refractivity (Wildman–Crippen MR) is 45.7 cm³/mol. The molecule has 0 aliphatic carbocycles. The van der Waals surface area contributed by atoms with Crippen molar-refractivity contribution < 1.29 is 14.4 Å². The van der Waals surface area contributed by atoms with Gasteiger partial charge in [0.2, 0.25) is 0 Å². The molecule has 2 aliphatic rings. The molecule has 3 atom stereocenters. The van der Waals surface area contributed by atoms with Crippen LogP contribution in [0.5, 0.6) is 0 Å². The van der Waals surface area contributed by atoms with E-state index in [1.807, 2.05) is 12.2 Å². The Hall–Kier alpha value is -0.870. The summed E-state index contributed by atoms with van der Waals surface area (Å²) in [7, 11) is 3.11. The van der Waals surface area contributed by atoms with Crippen LogP contribution in [-0.2, 0) is 14.4 Å². The Bertz CT molecular complexity index is 251. The molecule has 4 nitrogen and oxygen atoms in total. The number of hydrogen-bond donors (Lipinski definition) is 0. The monoisotopic (exact) mass is 183 g/mol. The minimum Gasteiger partial charge on any atom is -0.366 e. The number of amides is 1. The molecule has 0 aromatic rings. The van der Waals surface area contributed by atoms with Crippen molar-refractivity contribution in [3.05, 3.63) is 12.2 Å². The molecule has 2 heterocycles. The number of nitrogens with zero attached hydrogens (tertiary/aromatic N) is 1. The molecule has 0 aromatic carbocycles. The number of rotatable bonds is 2. The molecule has 2 aliphatic heterocycles. The fraction of sp³-hybridized carbons (Fsp3) is 0.667. The smallest absolute Gasteiger partial charge is 0.252 e. The highest BCUT2D eigenvalue weighted by atomic mass is 16.7.